The van der Waals surface area contributed by atoms with Gasteiger partial charge in [-0.3, -0.25) is 9.78 Å². The van der Waals surface area contributed by atoms with Gasteiger partial charge in [0.1, 0.15) is 12.1 Å². The van der Waals surface area contributed by atoms with Crippen LogP contribution < -0.4 is 11.1 Å². The number of aryl methyl sites for hydroxylation is 1. The average molecular weight is 539 g/mol. The quantitative estimate of drug-likeness (QED) is 0.276. The summed E-state index contributed by atoms with van der Waals surface area (Å²) in [5.74, 6) is 0.130. The Bertz CT molecular complexity index is 1550. The van der Waals surface area contributed by atoms with E-state index in [9.17, 15) is 4.79 Å². The number of carbonyl (C=O) groups excluding carboxylic acids is 1. The van der Waals surface area contributed by atoms with Crippen molar-refractivity contribution >= 4 is 77.3 Å². The number of fused-ring (bicyclic) bond motifs is 2. The lowest BCUT2D eigenvalue weighted by Crippen LogP contribution is -2.13. The first-order valence-corrected chi connectivity index (χ1v) is 12.1. The first-order valence-electron chi connectivity index (χ1n) is 10.0. The van der Waals surface area contributed by atoms with Crippen molar-refractivity contribution in [3.8, 4) is 0 Å². The number of rotatable bonds is 4. The number of hydrogen-bond acceptors (Lipinski definition) is 6. The number of aromatic nitrogens is 3. The molecule has 3 heterocycles. The third-order valence-corrected chi connectivity index (χ3v) is 7.66. The number of benzene rings is 2. The van der Waals surface area contributed by atoms with E-state index in [0.717, 1.165) is 37.8 Å². The number of nitrogens with one attached hydrogen (secondary N) is 1. The zero-order valence-corrected chi connectivity index (χ0v) is 20.6. The molecule has 0 bridgehead atoms. The summed E-state index contributed by atoms with van der Waals surface area (Å²) in [7, 11) is 0. The van der Waals surface area contributed by atoms with Crippen LogP contribution in [-0.2, 0) is 6.42 Å². The molecule has 9 heteroatoms. The maximum Gasteiger partial charge on any atom is 0.258 e. The van der Waals surface area contributed by atoms with Crippen LogP contribution in [0.3, 0.4) is 0 Å². The fourth-order valence-electron chi connectivity index (χ4n) is 3.79. The smallest absolute Gasteiger partial charge is 0.258 e. The predicted octanol–water partition coefficient (Wildman–Crippen LogP) is 6.39. The van der Waals surface area contributed by atoms with Gasteiger partial charge < -0.3 is 11.1 Å². The molecule has 0 fully saturated rings. The molecule has 1 amide bonds. The SMILES string of the molecule is Cc1ccc2c(Cc3ccc(Cl)c(Br)c3)nccc2c1NC(=O)c1csc2c(N)ncnc12. The first kappa shape index (κ1) is 21.8. The number of hydrogen-bond donors (Lipinski definition) is 2. The average Bonchev–Trinajstić information content (AvgIpc) is 3.24. The van der Waals surface area contributed by atoms with Gasteiger partial charge in [-0.15, -0.1) is 11.3 Å². The van der Waals surface area contributed by atoms with Gasteiger partial charge in [0.15, 0.2) is 0 Å². The third-order valence-electron chi connectivity index (χ3n) is 5.46. The van der Waals surface area contributed by atoms with Gasteiger partial charge in [-0.05, 0) is 52.2 Å². The number of nitrogens with zero attached hydrogens (tertiary/aromatic N) is 3. The highest BCUT2D eigenvalue weighted by molar-refractivity contribution is 9.10. The molecular weight excluding hydrogens is 522 g/mol. The Labute approximate surface area is 207 Å². The number of amides is 1. The Kier molecular flexibility index (Phi) is 5.74. The molecule has 0 aliphatic carbocycles. The summed E-state index contributed by atoms with van der Waals surface area (Å²) in [6, 6.07) is 11.8. The lowest BCUT2D eigenvalue weighted by molar-refractivity contribution is 0.102. The summed E-state index contributed by atoms with van der Waals surface area (Å²) in [6.07, 6.45) is 3.78. The highest BCUT2D eigenvalue weighted by atomic mass is 79.9. The minimum absolute atomic E-state index is 0.241. The molecule has 33 heavy (non-hydrogen) atoms. The van der Waals surface area contributed by atoms with Crippen molar-refractivity contribution in [3.63, 3.8) is 0 Å². The molecule has 0 aliphatic heterocycles. The highest BCUT2D eigenvalue weighted by Crippen LogP contribution is 2.33. The van der Waals surface area contributed by atoms with E-state index in [4.69, 9.17) is 17.3 Å². The summed E-state index contributed by atoms with van der Waals surface area (Å²) in [5, 5.41) is 7.42. The molecule has 164 valence electrons. The van der Waals surface area contributed by atoms with E-state index < -0.39 is 0 Å². The summed E-state index contributed by atoms with van der Waals surface area (Å²) in [4.78, 5) is 26.1. The van der Waals surface area contributed by atoms with Crippen molar-refractivity contribution in [2.24, 2.45) is 0 Å². The standard InChI is InChI=1S/C24H17BrClN5OS/c1-12-2-4-14-15(6-7-28-19(14)9-13-3-5-18(26)17(25)8-13)20(12)31-24(32)16-10-33-22-21(16)29-11-30-23(22)27/h2-8,10-11H,9H2,1H3,(H,31,32)(H2,27,29,30). The zero-order chi connectivity index (χ0) is 23.1. The van der Waals surface area contributed by atoms with E-state index in [0.29, 0.717) is 33.0 Å². The Morgan fingerprint density at radius 2 is 2.00 bits per heavy atom. The fraction of sp³-hybridized carbons (Fsp3) is 0.0833. The van der Waals surface area contributed by atoms with E-state index in [-0.39, 0.29) is 5.91 Å². The van der Waals surface area contributed by atoms with E-state index >= 15 is 0 Å². The summed E-state index contributed by atoms with van der Waals surface area (Å²) in [5.41, 5.74) is 10.7. The molecule has 3 aromatic heterocycles. The minimum Gasteiger partial charge on any atom is -0.382 e. The second kappa shape index (κ2) is 8.70. The van der Waals surface area contributed by atoms with Crippen molar-refractivity contribution in [2.75, 3.05) is 11.1 Å². The Balaban J connectivity index is 1.53. The molecule has 0 atom stereocenters. The molecule has 0 unspecified atom stereocenters. The van der Waals surface area contributed by atoms with Crippen LogP contribution in [0.4, 0.5) is 11.5 Å². The number of nitrogen functional groups attached to an aromatic ring is 1. The predicted molar refractivity (Wildman–Crippen MR) is 138 cm³/mol. The second-order valence-corrected chi connectivity index (χ2v) is 9.72. The van der Waals surface area contributed by atoms with Crippen LogP contribution in [0.25, 0.3) is 21.0 Å². The van der Waals surface area contributed by atoms with Crippen LogP contribution in [0.2, 0.25) is 5.02 Å². The molecule has 5 rings (SSSR count). The van der Waals surface area contributed by atoms with Crippen LogP contribution in [-0.4, -0.2) is 20.9 Å². The monoisotopic (exact) mass is 537 g/mol. The number of pyridine rings is 1. The van der Waals surface area contributed by atoms with Gasteiger partial charge in [0.05, 0.1) is 32.2 Å². The Hall–Kier alpha value is -3.07. The largest absolute Gasteiger partial charge is 0.382 e. The summed E-state index contributed by atoms with van der Waals surface area (Å²) < 4.78 is 1.55. The molecule has 6 nitrogen and oxygen atoms in total. The maximum atomic E-state index is 13.2. The molecule has 0 aliphatic rings. The van der Waals surface area contributed by atoms with Crippen molar-refractivity contribution in [1.82, 2.24) is 15.0 Å². The molecule has 3 N–H and O–H groups in total. The number of anilines is 2. The van der Waals surface area contributed by atoms with Crippen LogP contribution in [0, 0.1) is 6.92 Å². The number of carbonyl (C=O) groups is 1. The van der Waals surface area contributed by atoms with Crippen molar-refractivity contribution < 1.29 is 4.79 Å². The van der Waals surface area contributed by atoms with E-state index in [1.54, 1.807) is 11.6 Å². The van der Waals surface area contributed by atoms with Crippen LogP contribution in [0.5, 0.6) is 0 Å². The van der Waals surface area contributed by atoms with E-state index in [1.807, 2.05) is 43.3 Å². The van der Waals surface area contributed by atoms with Gasteiger partial charge in [0, 0.05) is 33.2 Å². The lowest BCUT2D eigenvalue weighted by atomic mass is 10.00. The van der Waals surface area contributed by atoms with Crippen LogP contribution in [0.15, 0.2) is 58.8 Å². The minimum atomic E-state index is -0.241. The summed E-state index contributed by atoms with van der Waals surface area (Å²) >= 11 is 11.0. The molecular formula is C24H17BrClN5OS. The third kappa shape index (κ3) is 4.06. The van der Waals surface area contributed by atoms with Crippen molar-refractivity contribution in [3.05, 3.63) is 86.2 Å². The Morgan fingerprint density at radius 1 is 1.15 bits per heavy atom. The fourth-order valence-corrected chi connectivity index (χ4v) is 5.23. The van der Waals surface area contributed by atoms with Crippen LogP contribution in [0.1, 0.15) is 27.2 Å². The molecule has 0 saturated heterocycles. The topological polar surface area (TPSA) is 93.8 Å². The van der Waals surface area contributed by atoms with Gasteiger partial charge in [-0.2, -0.15) is 0 Å². The van der Waals surface area contributed by atoms with Crippen molar-refractivity contribution in [1.29, 1.82) is 0 Å². The maximum absolute atomic E-state index is 13.2. The van der Waals surface area contributed by atoms with Gasteiger partial charge in [0.25, 0.3) is 5.91 Å². The molecule has 0 spiro atoms. The van der Waals surface area contributed by atoms with E-state index in [1.165, 1.54) is 17.7 Å². The molecule has 0 saturated carbocycles. The zero-order valence-electron chi connectivity index (χ0n) is 17.4. The second-order valence-electron chi connectivity index (χ2n) is 7.58. The molecule has 2 aromatic carbocycles. The van der Waals surface area contributed by atoms with Gasteiger partial charge >= 0.3 is 0 Å². The highest BCUT2D eigenvalue weighted by Gasteiger charge is 2.18. The van der Waals surface area contributed by atoms with Gasteiger partial charge in [-0.25, -0.2) is 9.97 Å². The molecule has 0 radical (unpaired) electrons. The summed E-state index contributed by atoms with van der Waals surface area (Å²) in [6.45, 7) is 1.97. The number of nitrogens with two attached hydrogens (primary N) is 1. The normalized spacial score (nSPS) is 11.2. The van der Waals surface area contributed by atoms with Crippen molar-refractivity contribution in [2.45, 2.75) is 13.3 Å². The lowest BCUT2D eigenvalue weighted by Gasteiger charge is -2.14. The number of halogens is 2. The van der Waals surface area contributed by atoms with E-state index in [2.05, 4.69) is 36.2 Å². The van der Waals surface area contributed by atoms with Crippen LogP contribution >= 0.6 is 38.9 Å². The Morgan fingerprint density at radius 3 is 2.82 bits per heavy atom. The van der Waals surface area contributed by atoms with Gasteiger partial charge in [0.2, 0.25) is 0 Å². The molecule has 5 aromatic rings. The van der Waals surface area contributed by atoms with Gasteiger partial charge in [-0.1, -0.05) is 29.8 Å². The number of thiophene rings is 1. The first-order chi connectivity index (χ1) is 15.9.